The van der Waals surface area contributed by atoms with E-state index in [1.807, 2.05) is 18.8 Å². The maximum Gasteiger partial charge on any atom is 0.261 e. The van der Waals surface area contributed by atoms with Gasteiger partial charge in [0.2, 0.25) is 0 Å². The van der Waals surface area contributed by atoms with Gasteiger partial charge in [-0.3, -0.25) is 9.48 Å². The molecule has 0 fully saturated rings. The summed E-state index contributed by atoms with van der Waals surface area (Å²) in [5, 5.41) is 4.71. The summed E-state index contributed by atoms with van der Waals surface area (Å²) in [7, 11) is 3.80. The number of hydrogen-bond acceptors (Lipinski definition) is 3. The predicted molar refractivity (Wildman–Crippen MR) is 97.5 cm³/mol. The van der Waals surface area contributed by atoms with Gasteiger partial charge in [0.05, 0.1) is 12.4 Å². The van der Waals surface area contributed by atoms with Crippen LogP contribution in [-0.2, 0) is 7.05 Å². The molecule has 0 bridgehead atoms. The highest BCUT2D eigenvalue weighted by molar-refractivity contribution is 6.06. The smallest absolute Gasteiger partial charge is 0.261 e. The highest BCUT2D eigenvalue weighted by Crippen LogP contribution is 2.37. The van der Waals surface area contributed by atoms with Crippen molar-refractivity contribution in [3.8, 4) is 11.3 Å². The highest BCUT2D eigenvalue weighted by Gasteiger charge is 2.34. The van der Waals surface area contributed by atoms with Crippen molar-refractivity contribution in [2.24, 2.45) is 7.05 Å². The van der Waals surface area contributed by atoms with Crippen LogP contribution in [0.4, 0.5) is 5.82 Å². The molecule has 2 aromatic rings. The van der Waals surface area contributed by atoms with Crippen molar-refractivity contribution < 1.29 is 4.79 Å². The van der Waals surface area contributed by atoms with Gasteiger partial charge in [0.15, 0.2) is 5.82 Å². The third-order valence-electron chi connectivity index (χ3n) is 4.68. The van der Waals surface area contributed by atoms with Crippen molar-refractivity contribution in [2.45, 2.75) is 34.1 Å². The van der Waals surface area contributed by atoms with Crippen molar-refractivity contribution in [1.82, 2.24) is 14.7 Å². The molecule has 0 aliphatic carbocycles. The van der Waals surface area contributed by atoms with Gasteiger partial charge in [-0.2, -0.15) is 5.10 Å². The summed E-state index contributed by atoms with van der Waals surface area (Å²) < 4.78 is 1.87. The molecule has 0 saturated heterocycles. The van der Waals surface area contributed by atoms with Crippen molar-refractivity contribution in [2.75, 3.05) is 25.2 Å². The standard InChI is InChI=1S/C19H26N4O/c1-7-8-23-11-21(5)19(24)16-17(22(6)20-18(16)23)15-13(3)9-12(2)10-14(15)4/h9-10H,7-8,11H2,1-6H3. The van der Waals surface area contributed by atoms with E-state index >= 15 is 0 Å². The van der Waals surface area contributed by atoms with Crippen LogP contribution < -0.4 is 4.90 Å². The maximum absolute atomic E-state index is 12.9. The van der Waals surface area contributed by atoms with Crippen LogP contribution in [0.2, 0.25) is 0 Å². The molecule has 3 rings (SSSR count). The molecule has 0 spiro atoms. The first-order valence-corrected chi connectivity index (χ1v) is 8.50. The van der Waals surface area contributed by atoms with Crippen LogP contribution in [0, 0.1) is 20.8 Å². The molecule has 0 N–H and O–H groups in total. The Balaban J connectivity index is 2.27. The average molecular weight is 326 g/mol. The fraction of sp³-hybridized carbons (Fsp3) is 0.474. The molecule has 128 valence electrons. The first kappa shape index (κ1) is 16.6. The summed E-state index contributed by atoms with van der Waals surface area (Å²) >= 11 is 0. The van der Waals surface area contributed by atoms with E-state index in [0.29, 0.717) is 6.67 Å². The number of aryl methyl sites for hydroxylation is 4. The predicted octanol–water partition coefficient (Wildman–Crippen LogP) is 3.27. The van der Waals surface area contributed by atoms with Crippen molar-refractivity contribution in [3.63, 3.8) is 0 Å². The topological polar surface area (TPSA) is 41.4 Å². The molecule has 2 heterocycles. The van der Waals surface area contributed by atoms with Gasteiger partial charge in [-0.25, -0.2) is 0 Å². The lowest BCUT2D eigenvalue weighted by atomic mass is 9.94. The second kappa shape index (κ2) is 5.96. The summed E-state index contributed by atoms with van der Waals surface area (Å²) in [6.07, 6.45) is 1.02. The number of rotatable bonds is 3. The molecule has 1 aliphatic rings. The Morgan fingerprint density at radius 3 is 2.29 bits per heavy atom. The van der Waals surface area contributed by atoms with E-state index in [9.17, 15) is 4.79 Å². The van der Waals surface area contributed by atoms with Gasteiger partial charge in [-0.15, -0.1) is 0 Å². The number of nitrogens with zero attached hydrogens (tertiary/aromatic N) is 4. The lowest BCUT2D eigenvalue weighted by molar-refractivity contribution is 0.0783. The summed E-state index contributed by atoms with van der Waals surface area (Å²) in [5.74, 6) is 0.872. The summed E-state index contributed by atoms with van der Waals surface area (Å²) in [6.45, 7) is 9.96. The van der Waals surface area contributed by atoms with E-state index in [1.165, 1.54) is 16.7 Å². The quantitative estimate of drug-likeness (QED) is 0.869. The molecule has 1 aromatic carbocycles. The fourth-order valence-corrected chi connectivity index (χ4v) is 3.79. The Hall–Kier alpha value is -2.30. The number of fused-ring (bicyclic) bond motifs is 1. The largest absolute Gasteiger partial charge is 0.337 e. The van der Waals surface area contributed by atoms with Gasteiger partial charge < -0.3 is 9.80 Å². The molecule has 5 nitrogen and oxygen atoms in total. The van der Waals surface area contributed by atoms with E-state index in [4.69, 9.17) is 5.10 Å². The molecule has 1 amide bonds. The minimum Gasteiger partial charge on any atom is -0.337 e. The minimum atomic E-state index is 0.0554. The number of benzene rings is 1. The van der Waals surface area contributed by atoms with Crippen LogP contribution in [0.3, 0.4) is 0 Å². The Kier molecular flexibility index (Phi) is 4.11. The van der Waals surface area contributed by atoms with E-state index in [2.05, 4.69) is 44.7 Å². The van der Waals surface area contributed by atoms with E-state index in [1.54, 1.807) is 4.90 Å². The average Bonchev–Trinajstić information content (AvgIpc) is 2.82. The Morgan fingerprint density at radius 1 is 1.08 bits per heavy atom. The first-order valence-electron chi connectivity index (χ1n) is 8.50. The summed E-state index contributed by atoms with van der Waals surface area (Å²) in [6, 6.07) is 4.34. The zero-order chi connectivity index (χ0) is 17.6. The number of carbonyl (C=O) groups excluding carboxylic acids is 1. The van der Waals surface area contributed by atoms with Crippen LogP contribution >= 0.6 is 0 Å². The molecule has 24 heavy (non-hydrogen) atoms. The minimum absolute atomic E-state index is 0.0554. The second-order valence-electron chi connectivity index (χ2n) is 6.85. The van der Waals surface area contributed by atoms with E-state index < -0.39 is 0 Å². The Morgan fingerprint density at radius 2 is 1.71 bits per heavy atom. The molecular weight excluding hydrogens is 300 g/mol. The number of hydrogen-bond donors (Lipinski definition) is 0. The van der Waals surface area contributed by atoms with Gasteiger partial charge >= 0.3 is 0 Å². The van der Waals surface area contributed by atoms with Crippen LogP contribution in [0.5, 0.6) is 0 Å². The van der Waals surface area contributed by atoms with Gasteiger partial charge in [0.1, 0.15) is 5.56 Å². The summed E-state index contributed by atoms with van der Waals surface area (Å²) in [5.41, 5.74) is 6.38. The molecule has 1 aliphatic heterocycles. The van der Waals surface area contributed by atoms with Crippen LogP contribution in [0.15, 0.2) is 12.1 Å². The third kappa shape index (κ3) is 2.48. The lowest BCUT2D eigenvalue weighted by Gasteiger charge is -2.33. The second-order valence-corrected chi connectivity index (χ2v) is 6.85. The van der Waals surface area contributed by atoms with Crippen LogP contribution in [-0.4, -0.2) is 40.8 Å². The number of anilines is 1. The lowest BCUT2D eigenvalue weighted by Crippen LogP contribution is -2.44. The molecule has 5 heteroatoms. The first-order chi connectivity index (χ1) is 11.3. The summed E-state index contributed by atoms with van der Waals surface area (Å²) in [4.78, 5) is 16.9. The van der Waals surface area contributed by atoms with Crippen LogP contribution in [0.1, 0.15) is 40.4 Å². The zero-order valence-electron chi connectivity index (χ0n) is 15.5. The fourth-order valence-electron chi connectivity index (χ4n) is 3.79. The van der Waals surface area contributed by atoms with Gasteiger partial charge in [0.25, 0.3) is 5.91 Å². The number of amides is 1. The zero-order valence-corrected chi connectivity index (χ0v) is 15.5. The van der Waals surface area contributed by atoms with E-state index in [-0.39, 0.29) is 5.91 Å². The SMILES string of the molecule is CCCN1CN(C)C(=O)c2c1nn(C)c2-c1c(C)cc(C)cc1C. The van der Waals surface area contributed by atoms with Crippen molar-refractivity contribution in [3.05, 3.63) is 34.4 Å². The molecule has 0 unspecified atom stereocenters. The molecule has 0 radical (unpaired) electrons. The molecule has 1 aromatic heterocycles. The molecule has 0 atom stereocenters. The maximum atomic E-state index is 12.9. The highest BCUT2D eigenvalue weighted by atomic mass is 16.2. The van der Waals surface area contributed by atoms with Crippen LogP contribution in [0.25, 0.3) is 11.3 Å². The van der Waals surface area contributed by atoms with Gasteiger partial charge in [-0.1, -0.05) is 24.6 Å². The monoisotopic (exact) mass is 326 g/mol. The van der Waals surface area contributed by atoms with Crippen molar-refractivity contribution >= 4 is 11.7 Å². The van der Waals surface area contributed by atoms with Gasteiger partial charge in [0, 0.05) is 26.2 Å². The Bertz CT molecular complexity index is 783. The molecular formula is C19H26N4O. The number of carbonyl (C=O) groups is 1. The van der Waals surface area contributed by atoms with Crippen molar-refractivity contribution in [1.29, 1.82) is 0 Å². The third-order valence-corrected chi connectivity index (χ3v) is 4.68. The van der Waals surface area contributed by atoms with E-state index in [0.717, 1.165) is 35.6 Å². The molecule has 0 saturated carbocycles. The normalized spacial score (nSPS) is 14.3. The Labute approximate surface area is 143 Å². The number of aromatic nitrogens is 2. The van der Waals surface area contributed by atoms with Gasteiger partial charge in [-0.05, 0) is 38.3 Å².